The third-order valence-electron chi connectivity index (χ3n) is 5.58. The number of aromatic nitrogens is 3. The molecule has 2 aromatic carbocycles. The van der Waals surface area contributed by atoms with Gasteiger partial charge in [0.1, 0.15) is 12.4 Å². The molecule has 0 unspecified atom stereocenters. The van der Waals surface area contributed by atoms with E-state index >= 15 is 0 Å². The number of aryl methyl sites for hydroxylation is 1. The van der Waals surface area contributed by atoms with E-state index in [9.17, 15) is 4.79 Å². The Morgan fingerprint density at radius 2 is 1.97 bits per heavy atom. The van der Waals surface area contributed by atoms with Crippen LogP contribution in [0.15, 0.2) is 52.6 Å². The van der Waals surface area contributed by atoms with Crippen LogP contribution in [0.4, 0.5) is 5.69 Å². The van der Waals surface area contributed by atoms with Gasteiger partial charge in [-0.3, -0.25) is 9.36 Å². The van der Waals surface area contributed by atoms with Gasteiger partial charge in [0.25, 0.3) is 0 Å². The molecule has 3 rings (SSSR count). The Kier molecular flexibility index (Phi) is 8.97. The Hall–Kier alpha value is -2.58. The van der Waals surface area contributed by atoms with Gasteiger partial charge < -0.3 is 10.1 Å². The maximum Gasteiger partial charge on any atom is 0.234 e. The zero-order valence-electron chi connectivity index (χ0n) is 20.3. The van der Waals surface area contributed by atoms with Crippen LogP contribution in [0.25, 0.3) is 0 Å². The van der Waals surface area contributed by atoms with Crippen molar-refractivity contribution in [3.05, 3.63) is 75.5 Å². The third-order valence-corrected chi connectivity index (χ3v) is 7.41. The second-order valence-electron chi connectivity index (χ2n) is 8.46. The summed E-state index contributed by atoms with van der Waals surface area (Å²) >= 11 is 4.87. The van der Waals surface area contributed by atoms with Crippen LogP contribution >= 0.6 is 27.7 Å². The van der Waals surface area contributed by atoms with E-state index in [1.165, 1.54) is 11.8 Å². The molecule has 0 aliphatic carbocycles. The van der Waals surface area contributed by atoms with Crippen molar-refractivity contribution in [1.29, 1.82) is 0 Å². The lowest BCUT2D eigenvalue weighted by atomic mass is 10.0. The first-order valence-electron chi connectivity index (χ1n) is 11.2. The van der Waals surface area contributed by atoms with E-state index in [4.69, 9.17) is 4.74 Å². The predicted molar refractivity (Wildman–Crippen MR) is 143 cm³/mol. The van der Waals surface area contributed by atoms with Gasteiger partial charge in [0, 0.05) is 16.7 Å². The Bertz CT molecular complexity index is 1190. The Labute approximate surface area is 214 Å². The van der Waals surface area contributed by atoms with E-state index in [1.54, 1.807) is 6.08 Å². The van der Waals surface area contributed by atoms with E-state index in [1.807, 2.05) is 37.5 Å². The summed E-state index contributed by atoms with van der Waals surface area (Å²) in [4.78, 5) is 12.6. The number of ether oxygens (including phenoxy) is 1. The van der Waals surface area contributed by atoms with E-state index in [0.717, 1.165) is 38.2 Å². The van der Waals surface area contributed by atoms with Crippen molar-refractivity contribution >= 4 is 39.3 Å². The number of thioether (sulfide) groups is 1. The fourth-order valence-electron chi connectivity index (χ4n) is 3.47. The first-order valence-corrected chi connectivity index (χ1v) is 12.9. The SMILES string of the molecule is C=CCn1c(COc2cc(C)ccc2C(C)C)nnc1SCC(=O)Nc1ccc(Br)c(C)c1C. The molecule has 1 heterocycles. The maximum atomic E-state index is 12.6. The number of rotatable bonds is 10. The van der Waals surface area contributed by atoms with Gasteiger partial charge in [0.15, 0.2) is 11.0 Å². The van der Waals surface area contributed by atoms with Gasteiger partial charge in [0.05, 0.1) is 5.75 Å². The van der Waals surface area contributed by atoms with Crippen molar-refractivity contribution in [2.75, 3.05) is 11.1 Å². The Morgan fingerprint density at radius 3 is 2.68 bits per heavy atom. The second kappa shape index (κ2) is 11.7. The molecule has 34 heavy (non-hydrogen) atoms. The van der Waals surface area contributed by atoms with Crippen LogP contribution in [0.1, 0.15) is 47.8 Å². The predicted octanol–water partition coefficient (Wildman–Crippen LogP) is 6.59. The number of carbonyl (C=O) groups excluding carboxylic acids is 1. The topological polar surface area (TPSA) is 69.0 Å². The molecule has 8 heteroatoms. The lowest BCUT2D eigenvalue weighted by Gasteiger charge is -2.15. The number of amides is 1. The van der Waals surface area contributed by atoms with Crippen molar-refractivity contribution in [3.8, 4) is 5.75 Å². The molecule has 1 amide bonds. The van der Waals surface area contributed by atoms with E-state index in [-0.39, 0.29) is 18.3 Å². The van der Waals surface area contributed by atoms with Crippen molar-refractivity contribution in [2.24, 2.45) is 0 Å². The number of carbonyl (C=O) groups is 1. The van der Waals surface area contributed by atoms with Gasteiger partial charge in [0.2, 0.25) is 5.91 Å². The van der Waals surface area contributed by atoms with Crippen LogP contribution < -0.4 is 10.1 Å². The monoisotopic (exact) mass is 542 g/mol. The quantitative estimate of drug-likeness (QED) is 0.231. The Morgan fingerprint density at radius 1 is 1.21 bits per heavy atom. The molecule has 1 N–H and O–H groups in total. The molecule has 0 spiro atoms. The fraction of sp³-hybridized carbons (Fsp3) is 0.346. The van der Waals surface area contributed by atoms with Crippen LogP contribution in [0.2, 0.25) is 0 Å². The molecular formula is C26H31BrN4O2S. The van der Waals surface area contributed by atoms with Crippen LogP contribution in [0, 0.1) is 20.8 Å². The normalized spacial score (nSPS) is 11.0. The van der Waals surface area contributed by atoms with E-state index in [2.05, 4.69) is 70.1 Å². The van der Waals surface area contributed by atoms with Crippen molar-refractivity contribution in [1.82, 2.24) is 14.8 Å². The lowest BCUT2D eigenvalue weighted by Crippen LogP contribution is -2.16. The first-order chi connectivity index (χ1) is 16.2. The van der Waals surface area contributed by atoms with Crippen LogP contribution in [-0.4, -0.2) is 26.4 Å². The summed E-state index contributed by atoms with van der Waals surface area (Å²) in [6.45, 7) is 15.0. The highest BCUT2D eigenvalue weighted by Gasteiger charge is 2.16. The first kappa shape index (κ1) is 26.0. The van der Waals surface area contributed by atoms with Gasteiger partial charge in [-0.05, 0) is 67.1 Å². The molecule has 0 atom stereocenters. The number of hydrogen-bond acceptors (Lipinski definition) is 5. The van der Waals surface area contributed by atoms with Crippen molar-refractivity contribution in [3.63, 3.8) is 0 Å². The van der Waals surface area contributed by atoms with Crippen molar-refractivity contribution in [2.45, 2.75) is 58.8 Å². The highest BCUT2D eigenvalue weighted by Crippen LogP contribution is 2.29. The molecule has 1 aromatic heterocycles. The van der Waals surface area contributed by atoms with Gasteiger partial charge in [-0.1, -0.05) is 59.7 Å². The molecule has 6 nitrogen and oxygen atoms in total. The van der Waals surface area contributed by atoms with Crippen LogP contribution in [0.3, 0.4) is 0 Å². The van der Waals surface area contributed by atoms with E-state index in [0.29, 0.717) is 23.4 Å². The van der Waals surface area contributed by atoms with E-state index < -0.39 is 0 Å². The van der Waals surface area contributed by atoms with Gasteiger partial charge in [-0.2, -0.15) is 0 Å². The molecular weight excluding hydrogens is 512 g/mol. The summed E-state index contributed by atoms with van der Waals surface area (Å²) in [5.74, 6) is 2.03. The van der Waals surface area contributed by atoms with Gasteiger partial charge in [-0.15, -0.1) is 16.8 Å². The van der Waals surface area contributed by atoms with Gasteiger partial charge in [-0.25, -0.2) is 0 Å². The Balaban J connectivity index is 1.68. The second-order valence-corrected chi connectivity index (χ2v) is 10.3. The molecule has 0 aliphatic rings. The molecule has 0 fully saturated rings. The molecule has 0 radical (unpaired) electrons. The number of allylic oxidation sites excluding steroid dienone is 1. The van der Waals surface area contributed by atoms with Crippen molar-refractivity contribution < 1.29 is 9.53 Å². The minimum absolute atomic E-state index is 0.0953. The standard InChI is InChI=1S/C26H31BrN4O2S/c1-7-12-31-24(14-33-23-13-17(4)8-9-20(23)16(2)3)29-30-26(31)34-15-25(32)28-22-11-10-21(27)18(5)19(22)6/h7-11,13,16H,1,12,14-15H2,2-6H3,(H,28,32). The number of hydrogen-bond donors (Lipinski definition) is 1. The minimum atomic E-state index is -0.0953. The zero-order chi connectivity index (χ0) is 24.8. The zero-order valence-corrected chi connectivity index (χ0v) is 22.7. The number of benzene rings is 2. The molecule has 0 aliphatic heterocycles. The summed E-state index contributed by atoms with van der Waals surface area (Å²) in [6, 6.07) is 10.1. The van der Waals surface area contributed by atoms with Gasteiger partial charge >= 0.3 is 0 Å². The fourth-order valence-corrected chi connectivity index (χ4v) is 4.67. The molecule has 0 saturated heterocycles. The van der Waals surface area contributed by atoms with Crippen LogP contribution in [0.5, 0.6) is 5.75 Å². The number of halogens is 1. The molecule has 180 valence electrons. The number of anilines is 1. The summed E-state index contributed by atoms with van der Waals surface area (Å²) < 4.78 is 9.11. The maximum absolute atomic E-state index is 12.6. The summed E-state index contributed by atoms with van der Waals surface area (Å²) in [7, 11) is 0. The third kappa shape index (κ3) is 6.30. The smallest absolute Gasteiger partial charge is 0.234 e. The van der Waals surface area contributed by atoms with Crippen LogP contribution in [-0.2, 0) is 17.9 Å². The average molecular weight is 544 g/mol. The molecule has 0 bridgehead atoms. The highest BCUT2D eigenvalue weighted by molar-refractivity contribution is 9.10. The highest BCUT2D eigenvalue weighted by atomic mass is 79.9. The molecule has 3 aromatic rings. The number of nitrogens with one attached hydrogen (secondary N) is 1. The summed E-state index contributed by atoms with van der Waals surface area (Å²) in [5, 5.41) is 12.3. The molecule has 0 saturated carbocycles. The number of nitrogens with zero attached hydrogens (tertiary/aromatic N) is 3. The largest absolute Gasteiger partial charge is 0.485 e. The summed E-state index contributed by atoms with van der Waals surface area (Å²) in [6.07, 6.45) is 1.79. The summed E-state index contributed by atoms with van der Waals surface area (Å²) in [5.41, 5.74) is 5.26. The average Bonchev–Trinajstić information content (AvgIpc) is 3.18. The minimum Gasteiger partial charge on any atom is -0.485 e. The lowest BCUT2D eigenvalue weighted by molar-refractivity contribution is -0.113.